The van der Waals surface area contributed by atoms with Gasteiger partial charge in [0.2, 0.25) is 0 Å². The van der Waals surface area contributed by atoms with Crippen molar-refractivity contribution in [1.29, 1.82) is 0 Å². The highest BCUT2D eigenvalue weighted by Crippen LogP contribution is 2.44. The van der Waals surface area contributed by atoms with Gasteiger partial charge in [0.15, 0.2) is 0 Å². The van der Waals surface area contributed by atoms with Crippen molar-refractivity contribution in [1.82, 2.24) is 0 Å². The van der Waals surface area contributed by atoms with E-state index in [2.05, 4.69) is 20.6 Å². The molecule has 0 aliphatic rings. The van der Waals surface area contributed by atoms with Gasteiger partial charge in [0.25, 0.3) is 0 Å². The molecule has 0 aromatic heterocycles. The average molecular weight is 188 g/mol. The lowest BCUT2D eigenvalue weighted by Gasteiger charge is -2.03. The van der Waals surface area contributed by atoms with E-state index in [0.29, 0.717) is 6.29 Å². The fourth-order valence-electron chi connectivity index (χ4n) is 0.370. The van der Waals surface area contributed by atoms with Crippen molar-refractivity contribution in [2.24, 2.45) is 0 Å². The predicted molar refractivity (Wildman–Crippen MR) is 44.6 cm³/mol. The van der Waals surface area contributed by atoms with Crippen LogP contribution in [-0.2, 0) is 18.4 Å². The average Bonchev–Trinajstić information content (AvgIpc) is 2.12. The third-order valence-electron chi connectivity index (χ3n) is 0.940. The summed E-state index contributed by atoms with van der Waals surface area (Å²) in [7, 11) is -0.773. The molecule has 0 radical (unpaired) electrons. The Morgan fingerprint density at radius 2 is 1.92 bits per heavy atom. The lowest BCUT2D eigenvalue weighted by Crippen LogP contribution is -1.83. The molecule has 0 saturated heterocycles. The molecule has 12 heavy (non-hydrogen) atoms. The van der Waals surface area contributed by atoms with Gasteiger partial charge < -0.3 is 9.05 Å². The molecular weight excluding hydrogens is 179 g/mol. The van der Waals surface area contributed by atoms with Crippen LogP contribution in [0.15, 0.2) is 12.2 Å². The number of carbonyl (C=O) groups excluding carboxylic acids is 1. The summed E-state index contributed by atoms with van der Waals surface area (Å²) >= 11 is 0. The smallest absolute Gasteiger partial charge is 0.303 e. The van der Waals surface area contributed by atoms with E-state index in [1.54, 1.807) is 0 Å². The van der Waals surface area contributed by atoms with Crippen LogP contribution in [0.1, 0.15) is 0 Å². The molecule has 0 saturated carbocycles. The Balaban J connectivity index is 4.35. The van der Waals surface area contributed by atoms with Crippen molar-refractivity contribution in [2.45, 2.75) is 0 Å². The molecule has 66 valence electrons. The van der Waals surface area contributed by atoms with Gasteiger partial charge in [0.1, 0.15) is 6.29 Å². The van der Waals surface area contributed by atoms with Crippen LogP contribution in [0.25, 0.3) is 0 Å². The molecule has 0 rings (SSSR count). The highest BCUT2D eigenvalue weighted by molar-refractivity contribution is 7.59. The monoisotopic (exact) mass is 188 g/mol. The van der Waals surface area contributed by atoms with E-state index < -0.39 is 7.60 Å². The Labute approximate surface area is 71.1 Å². The van der Waals surface area contributed by atoms with Gasteiger partial charge >= 0.3 is 7.60 Å². The molecule has 4 nitrogen and oxygen atoms in total. The molecule has 0 N–H and O–H groups in total. The maximum absolute atomic E-state index is 11.2. The molecule has 5 heteroatoms. The summed E-state index contributed by atoms with van der Waals surface area (Å²) < 4.78 is 20.2. The van der Waals surface area contributed by atoms with Crippen molar-refractivity contribution in [3.63, 3.8) is 0 Å². The Kier molecular flexibility index (Phi) is 5.31. The fraction of sp³-hybridized carbons (Fsp3) is 0.286. The van der Waals surface area contributed by atoms with Gasteiger partial charge in [-0.1, -0.05) is 5.92 Å². The zero-order valence-corrected chi connectivity index (χ0v) is 7.71. The van der Waals surface area contributed by atoms with Gasteiger partial charge in [-0.3, -0.25) is 4.79 Å². The predicted octanol–water partition coefficient (Wildman–Crippen LogP) is 1.19. The molecule has 0 aliphatic carbocycles. The maximum atomic E-state index is 11.2. The molecule has 0 unspecified atom stereocenters. The molecular formula is C7H9O4P. The van der Waals surface area contributed by atoms with Gasteiger partial charge in [0, 0.05) is 19.9 Å². The Bertz CT molecular complexity index is 263. The van der Waals surface area contributed by atoms with Crippen LogP contribution < -0.4 is 0 Å². The Morgan fingerprint density at radius 3 is 2.33 bits per heavy atom. The second-order valence-corrected chi connectivity index (χ2v) is 3.56. The van der Waals surface area contributed by atoms with Crippen LogP contribution in [0.5, 0.6) is 0 Å². The topological polar surface area (TPSA) is 52.6 Å². The first-order valence-corrected chi connectivity index (χ1v) is 4.57. The summed E-state index contributed by atoms with van der Waals surface area (Å²) in [6, 6.07) is 0. The number of hydrogen-bond donors (Lipinski definition) is 0. The normalized spacial score (nSPS) is 10.8. The van der Waals surface area contributed by atoms with E-state index in [-0.39, 0.29) is 0 Å². The number of aldehydes is 1. The maximum Gasteiger partial charge on any atom is 0.405 e. The summed E-state index contributed by atoms with van der Waals surface area (Å²) in [4.78, 5) is 9.78. The van der Waals surface area contributed by atoms with Crippen molar-refractivity contribution >= 4 is 13.9 Å². The molecule has 0 spiro atoms. The summed E-state index contributed by atoms with van der Waals surface area (Å²) in [5, 5.41) is 0. The largest absolute Gasteiger partial charge is 0.405 e. The van der Waals surface area contributed by atoms with Crippen molar-refractivity contribution in [2.75, 3.05) is 14.2 Å². The highest BCUT2D eigenvalue weighted by atomic mass is 31.2. The Morgan fingerprint density at radius 1 is 1.33 bits per heavy atom. The first-order valence-electron chi connectivity index (χ1n) is 3.03. The minimum atomic E-state index is -3.25. The van der Waals surface area contributed by atoms with Gasteiger partial charge in [-0.25, -0.2) is 4.57 Å². The standard InChI is InChI=1S/C7H9O4P/c1-10-12(9,11-2)7-5-3-4-6-8/h3-4,6H,1-2H3/b4-3-. The van der Waals surface area contributed by atoms with E-state index >= 15 is 0 Å². The van der Waals surface area contributed by atoms with Crippen LogP contribution in [0.2, 0.25) is 0 Å². The third kappa shape index (κ3) is 4.09. The second kappa shape index (κ2) is 5.73. The van der Waals surface area contributed by atoms with Gasteiger partial charge in [-0.2, -0.15) is 0 Å². The number of hydrogen-bond acceptors (Lipinski definition) is 4. The van der Waals surface area contributed by atoms with Crippen molar-refractivity contribution < 1.29 is 18.4 Å². The minimum absolute atomic E-state index is 0.569. The number of rotatable bonds is 3. The second-order valence-electron chi connectivity index (χ2n) is 1.61. The van der Waals surface area contributed by atoms with Crippen LogP contribution in [0.3, 0.4) is 0 Å². The van der Waals surface area contributed by atoms with Gasteiger partial charge in [0.05, 0.1) is 0 Å². The molecule has 0 aromatic carbocycles. The molecule has 0 bridgehead atoms. The first kappa shape index (κ1) is 11.1. The lowest BCUT2D eigenvalue weighted by molar-refractivity contribution is -0.104. The zero-order valence-electron chi connectivity index (χ0n) is 6.81. The van der Waals surface area contributed by atoms with Crippen LogP contribution in [-0.4, -0.2) is 20.5 Å². The van der Waals surface area contributed by atoms with Gasteiger partial charge in [-0.05, 0) is 12.2 Å². The Hall–Kier alpha value is -0.880. The fourth-order valence-corrected chi connectivity index (χ4v) is 0.934. The quantitative estimate of drug-likeness (QED) is 0.289. The number of carbonyl (C=O) groups is 1. The van der Waals surface area contributed by atoms with Crippen molar-refractivity contribution in [3.8, 4) is 11.6 Å². The lowest BCUT2D eigenvalue weighted by atomic mass is 10.5. The zero-order chi connectivity index (χ0) is 9.45. The van der Waals surface area contributed by atoms with Gasteiger partial charge in [-0.15, -0.1) is 0 Å². The van der Waals surface area contributed by atoms with E-state index in [1.165, 1.54) is 26.4 Å². The number of allylic oxidation sites excluding steroid dienone is 2. The SMILES string of the molecule is COP(=O)(C#C/C=C\C=O)OC. The molecule has 0 heterocycles. The summed E-state index contributed by atoms with van der Waals surface area (Å²) in [6.45, 7) is 0. The molecule has 0 fully saturated rings. The molecule has 0 amide bonds. The van der Waals surface area contributed by atoms with Crippen molar-refractivity contribution in [3.05, 3.63) is 12.2 Å². The summed E-state index contributed by atoms with van der Waals surface area (Å²) in [6.07, 6.45) is 3.01. The molecule has 0 atom stereocenters. The first-order chi connectivity index (χ1) is 5.68. The third-order valence-corrected chi connectivity index (χ3v) is 2.30. The van der Waals surface area contributed by atoms with E-state index in [1.807, 2.05) is 0 Å². The van der Waals surface area contributed by atoms with E-state index in [4.69, 9.17) is 0 Å². The summed E-state index contributed by atoms with van der Waals surface area (Å²) in [5.41, 5.74) is 2.25. The van der Waals surface area contributed by atoms with Crippen LogP contribution in [0, 0.1) is 11.6 Å². The molecule has 0 aliphatic heterocycles. The van der Waals surface area contributed by atoms with E-state index in [9.17, 15) is 9.36 Å². The van der Waals surface area contributed by atoms with E-state index in [0.717, 1.165) is 0 Å². The minimum Gasteiger partial charge on any atom is -0.303 e. The summed E-state index contributed by atoms with van der Waals surface area (Å²) in [5.74, 6) is 2.35. The molecule has 0 aromatic rings. The van der Waals surface area contributed by atoms with Crippen LogP contribution >= 0.6 is 7.60 Å². The highest BCUT2D eigenvalue weighted by Gasteiger charge is 2.15. The van der Waals surface area contributed by atoms with Crippen LogP contribution in [0.4, 0.5) is 0 Å².